The molecule has 0 aliphatic carbocycles. The van der Waals surface area contributed by atoms with Gasteiger partial charge in [0.2, 0.25) is 0 Å². The Balaban J connectivity index is 1.76. The van der Waals surface area contributed by atoms with Crippen LogP contribution in [0.4, 0.5) is 0 Å². The third kappa shape index (κ3) is 2.41. The number of hydrogen-bond donors (Lipinski definition) is 1. The van der Waals surface area contributed by atoms with Crippen LogP contribution in [0, 0.1) is 5.41 Å². The molecule has 20 heavy (non-hydrogen) atoms. The first-order valence-corrected chi connectivity index (χ1v) is 7.00. The summed E-state index contributed by atoms with van der Waals surface area (Å²) in [5.74, 6) is -0.682. The molecule has 104 valence electrons. The third-order valence-corrected chi connectivity index (χ3v) is 4.29. The second kappa shape index (κ2) is 4.91. The normalized spacial score (nSPS) is 23.2. The van der Waals surface area contributed by atoms with E-state index in [1.54, 1.807) is 0 Å². The van der Waals surface area contributed by atoms with Gasteiger partial charge >= 0.3 is 5.97 Å². The predicted octanol–water partition coefficient (Wildman–Crippen LogP) is 3.14. The van der Waals surface area contributed by atoms with Crippen LogP contribution in [0.3, 0.4) is 0 Å². The molecule has 1 fully saturated rings. The van der Waals surface area contributed by atoms with E-state index in [1.165, 1.54) is 16.3 Å². The summed E-state index contributed by atoms with van der Waals surface area (Å²) in [5.41, 5.74) is 0.662. The molecule has 1 saturated heterocycles. The molecule has 3 rings (SSSR count). The smallest absolute Gasteiger partial charge is 0.310 e. The van der Waals surface area contributed by atoms with Crippen molar-refractivity contribution in [2.24, 2.45) is 5.41 Å². The van der Waals surface area contributed by atoms with E-state index in [2.05, 4.69) is 35.2 Å². The fourth-order valence-electron chi connectivity index (χ4n) is 2.96. The van der Waals surface area contributed by atoms with Gasteiger partial charge in [0, 0.05) is 13.1 Å². The highest BCUT2D eigenvalue weighted by atomic mass is 16.4. The number of aliphatic carboxylic acids is 1. The van der Waals surface area contributed by atoms with E-state index in [4.69, 9.17) is 0 Å². The van der Waals surface area contributed by atoms with Crippen LogP contribution in [0.2, 0.25) is 0 Å². The van der Waals surface area contributed by atoms with Crippen LogP contribution < -0.4 is 0 Å². The Hall–Kier alpha value is -1.87. The number of carboxylic acid groups (broad SMARTS) is 1. The number of fused-ring (bicyclic) bond motifs is 1. The summed E-state index contributed by atoms with van der Waals surface area (Å²) >= 11 is 0. The molecular formula is C17H19NO2. The summed E-state index contributed by atoms with van der Waals surface area (Å²) in [4.78, 5) is 13.5. The number of carboxylic acids is 1. The molecule has 0 saturated carbocycles. The van der Waals surface area contributed by atoms with E-state index < -0.39 is 11.4 Å². The lowest BCUT2D eigenvalue weighted by molar-refractivity contribution is -0.147. The number of nitrogens with zero attached hydrogens (tertiary/aromatic N) is 1. The number of hydrogen-bond acceptors (Lipinski definition) is 2. The van der Waals surface area contributed by atoms with Crippen molar-refractivity contribution < 1.29 is 9.90 Å². The lowest BCUT2D eigenvalue weighted by atomic mass is 9.90. The molecule has 3 nitrogen and oxygen atoms in total. The molecule has 1 N–H and O–H groups in total. The quantitative estimate of drug-likeness (QED) is 0.930. The van der Waals surface area contributed by atoms with E-state index >= 15 is 0 Å². The standard InChI is InChI=1S/C17H19NO2/c1-17(16(19)20)8-9-18(12-17)11-13-6-7-14-4-2-3-5-15(14)10-13/h2-7,10H,8-9,11-12H2,1H3,(H,19,20). The first-order chi connectivity index (χ1) is 9.57. The van der Waals surface area contributed by atoms with Crippen molar-refractivity contribution in [1.82, 2.24) is 4.90 Å². The van der Waals surface area contributed by atoms with Crippen LogP contribution in [0.1, 0.15) is 18.9 Å². The van der Waals surface area contributed by atoms with Crippen molar-refractivity contribution in [3.05, 3.63) is 48.0 Å². The highest BCUT2D eigenvalue weighted by Gasteiger charge is 2.40. The predicted molar refractivity (Wildman–Crippen MR) is 79.6 cm³/mol. The van der Waals surface area contributed by atoms with Gasteiger partial charge in [0.1, 0.15) is 0 Å². The second-order valence-corrected chi connectivity index (χ2v) is 6.01. The molecule has 0 spiro atoms. The molecule has 0 radical (unpaired) electrons. The summed E-state index contributed by atoms with van der Waals surface area (Å²) in [5, 5.41) is 11.8. The van der Waals surface area contributed by atoms with Gasteiger partial charge in [-0.25, -0.2) is 0 Å². The van der Waals surface area contributed by atoms with Gasteiger partial charge in [0.05, 0.1) is 5.41 Å². The van der Waals surface area contributed by atoms with E-state index in [0.717, 1.165) is 19.5 Å². The van der Waals surface area contributed by atoms with Crippen LogP contribution in [-0.4, -0.2) is 29.1 Å². The van der Waals surface area contributed by atoms with Crippen molar-refractivity contribution in [1.29, 1.82) is 0 Å². The van der Waals surface area contributed by atoms with Gasteiger partial charge in [-0.1, -0.05) is 36.4 Å². The minimum Gasteiger partial charge on any atom is -0.481 e. The van der Waals surface area contributed by atoms with E-state index in [0.29, 0.717) is 6.54 Å². The number of benzene rings is 2. The molecule has 2 aromatic carbocycles. The highest BCUT2D eigenvalue weighted by molar-refractivity contribution is 5.83. The monoisotopic (exact) mass is 269 g/mol. The maximum Gasteiger partial charge on any atom is 0.310 e. The fourth-order valence-corrected chi connectivity index (χ4v) is 2.96. The molecule has 1 unspecified atom stereocenters. The maximum absolute atomic E-state index is 11.3. The molecule has 2 aromatic rings. The minimum atomic E-state index is -0.682. The summed E-state index contributed by atoms with van der Waals surface area (Å²) < 4.78 is 0. The molecule has 1 heterocycles. The van der Waals surface area contributed by atoms with Gasteiger partial charge in [0.25, 0.3) is 0 Å². The molecule has 0 amide bonds. The van der Waals surface area contributed by atoms with Gasteiger partial charge in [-0.05, 0) is 42.3 Å². The van der Waals surface area contributed by atoms with Gasteiger partial charge in [-0.2, -0.15) is 0 Å². The van der Waals surface area contributed by atoms with Crippen molar-refractivity contribution in [3.8, 4) is 0 Å². The minimum absolute atomic E-state index is 0.586. The fraction of sp³-hybridized carbons (Fsp3) is 0.353. The van der Waals surface area contributed by atoms with Gasteiger partial charge < -0.3 is 5.11 Å². The second-order valence-electron chi connectivity index (χ2n) is 6.01. The largest absolute Gasteiger partial charge is 0.481 e. The zero-order chi connectivity index (χ0) is 14.2. The topological polar surface area (TPSA) is 40.5 Å². The third-order valence-electron chi connectivity index (χ3n) is 4.29. The molecule has 1 atom stereocenters. The Morgan fingerprint density at radius 1 is 1.25 bits per heavy atom. The molecule has 1 aliphatic heterocycles. The van der Waals surface area contributed by atoms with Gasteiger partial charge in [0.15, 0.2) is 0 Å². The Morgan fingerprint density at radius 2 is 2.00 bits per heavy atom. The zero-order valence-electron chi connectivity index (χ0n) is 11.7. The van der Waals surface area contributed by atoms with Crippen LogP contribution in [-0.2, 0) is 11.3 Å². The molecule has 1 aliphatic rings. The Labute approximate surface area is 118 Å². The van der Waals surface area contributed by atoms with Crippen molar-refractivity contribution in [2.75, 3.05) is 13.1 Å². The summed E-state index contributed by atoms with van der Waals surface area (Å²) in [6.07, 6.45) is 0.732. The molecule has 0 bridgehead atoms. The summed E-state index contributed by atoms with van der Waals surface area (Å²) in [6.45, 7) is 4.16. The first-order valence-electron chi connectivity index (χ1n) is 7.00. The molecular weight excluding hydrogens is 250 g/mol. The van der Waals surface area contributed by atoms with E-state index in [-0.39, 0.29) is 0 Å². The van der Waals surface area contributed by atoms with Crippen molar-refractivity contribution in [3.63, 3.8) is 0 Å². The van der Waals surface area contributed by atoms with Crippen LogP contribution in [0.25, 0.3) is 10.8 Å². The molecule has 0 aromatic heterocycles. The van der Waals surface area contributed by atoms with Gasteiger partial charge in [-0.3, -0.25) is 9.69 Å². The van der Waals surface area contributed by atoms with Crippen LogP contribution in [0.15, 0.2) is 42.5 Å². The van der Waals surface area contributed by atoms with Crippen molar-refractivity contribution >= 4 is 16.7 Å². The number of rotatable bonds is 3. The van der Waals surface area contributed by atoms with E-state index in [9.17, 15) is 9.90 Å². The van der Waals surface area contributed by atoms with Crippen LogP contribution >= 0.6 is 0 Å². The first kappa shape index (κ1) is 13.1. The van der Waals surface area contributed by atoms with E-state index in [1.807, 2.05) is 19.1 Å². The summed E-state index contributed by atoms with van der Waals surface area (Å²) in [6, 6.07) is 14.8. The number of likely N-dealkylation sites (tertiary alicyclic amines) is 1. The average molecular weight is 269 g/mol. The Morgan fingerprint density at radius 3 is 2.70 bits per heavy atom. The summed E-state index contributed by atoms with van der Waals surface area (Å²) in [7, 11) is 0. The lowest BCUT2D eigenvalue weighted by Crippen LogP contribution is -2.31. The van der Waals surface area contributed by atoms with Crippen LogP contribution in [0.5, 0.6) is 0 Å². The molecule has 3 heteroatoms. The highest BCUT2D eigenvalue weighted by Crippen LogP contribution is 2.31. The van der Waals surface area contributed by atoms with Gasteiger partial charge in [-0.15, -0.1) is 0 Å². The average Bonchev–Trinajstić information content (AvgIpc) is 2.81. The van der Waals surface area contributed by atoms with Crippen molar-refractivity contribution in [2.45, 2.75) is 19.9 Å². The maximum atomic E-state index is 11.3. The lowest BCUT2D eigenvalue weighted by Gasteiger charge is -2.20. The zero-order valence-corrected chi connectivity index (χ0v) is 11.7. The Bertz CT molecular complexity index is 652. The Kier molecular flexibility index (Phi) is 3.22. The SMILES string of the molecule is CC1(C(=O)O)CCN(Cc2ccc3ccccc3c2)C1. The number of carbonyl (C=O) groups is 1.